The summed E-state index contributed by atoms with van der Waals surface area (Å²) < 4.78 is 10.9. The van der Waals surface area contributed by atoms with Crippen LogP contribution in [0.2, 0.25) is 0 Å². The van der Waals surface area contributed by atoms with E-state index in [1.807, 2.05) is 27.8 Å². The smallest absolute Gasteiger partial charge is 0.222 e. The Morgan fingerprint density at radius 3 is 2.35 bits per heavy atom. The van der Waals surface area contributed by atoms with Crippen molar-refractivity contribution in [2.24, 2.45) is 5.92 Å². The summed E-state index contributed by atoms with van der Waals surface area (Å²) in [7, 11) is 1.81. The molecule has 0 rings (SSSR count). The molecule has 0 aliphatic rings. The predicted molar refractivity (Wildman–Crippen MR) is 92.5 cm³/mol. The van der Waals surface area contributed by atoms with Gasteiger partial charge in [-0.1, -0.05) is 20.8 Å². The van der Waals surface area contributed by atoms with Crippen molar-refractivity contribution in [2.45, 2.75) is 65.9 Å². The quantitative estimate of drug-likeness (QED) is 0.460. The van der Waals surface area contributed by atoms with Crippen LogP contribution in [0.4, 0.5) is 0 Å². The van der Waals surface area contributed by atoms with Crippen LogP contribution in [0.5, 0.6) is 0 Å². The molecule has 0 heterocycles. The van der Waals surface area contributed by atoms with Gasteiger partial charge >= 0.3 is 0 Å². The van der Waals surface area contributed by atoms with Crippen LogP contribution < -0.4 is 0 Å². The highest BCUT2D eigenvalue weighted by Crippen LogP contribution is 2.04. The molecule has 136 valence electrons. The molecule has 0 spiro atoms. The molecule has 0 radical (unpaired) electrons. The number of unbranched alkanes of at least 4 members (excludes halogenated alkanes) is 1. The van der Waals surface area contributed by atoms with Crippen molar-refractivity contribution in [3.63, 3.8) is 0 Å². The highest BCUT2D eigenvalue weighted by molar-refractivity contribution is 5.81. The summed E-state index contributed by atoms with van der Waals surface area (Å²) in [5.41, 5.74) is 0. The number of Topliss-reactive ketones (excluding diaryl/α,β-unsaturated/α-hetero) is 1. The zero-order valence-electron chi connectivity index (χ0n) is 15.6. The molecule has 0 aromatic heterocycles. The number of ketones is 1. The van der Waals surface area contributed by atoms with E-state index in [0.29, 0.717) is 26.2 Å². The molecule has 0 aliphatic carbocycles. The minimum Gasteiger partial charge on any atom is -0.377 e. The fraction of sp³-hybridized carbons (Fsp3) is 0.889. The summed E-state index contributed by atoms with van der Waals surface area (Å²) >= 11 is 0. The molecule has 1 amide bonds. The van der Waals surface area contributed by atoms with Gasteiger partial charge in [-0.05, 0) is 32.6 Å². The van der Waals surface area contributed by atoms with Gasteiger partial charge in [-0.3, -0.25) is 9.59 Å². The predicted octanol–water partition coefficient (Wildman–Crippen LogP) is 3.06. The van der Waals surface area contributed by atoms with Crippen LogP contribution in [0.25, 0.3) is 0 Å². The molecule has 0 N–H and O–H groups in total. The van der Waals surface area contributed by atoms with E-state index in [-0.39, 0.29) is 30.3 Å². The molecule has 2 atom stereocenters. The van der Waals surface area contributed by atoms with Crippen LogP contribution in [0.15, 0.2) is 0 Å². The van der Waals surface area contributed by atoms with Gasteiger partial charge in [0.25, 0.3) is 0 Å². The number of hydrogen-bond acceptors (Lipinski definition) is 4. The Kier molecular flexibility index (Phi) is 12.9. The number of carbonyl (C=O) groups is 2. The topological polar surface area (TPSA) is 55.8 Å². The normalized spacial score (nSPS) is 13.6. The van der Waals surface area contributed by atoms with E-state index >= 15 is 0 Å². The van der Waals surface area contributed by atoms with Crippen molar-refractivity contribution in [1.29, 1.82) is 0 Å². The molecule has 5 heteroatoms. The van der Waals surface area contributed by atoms with Gasteiger partial charge in [0.2, 0.25) is 5.91 Å². The van der Waals surface area contributed by atoms with Gasteiger partial charge in [0, 0.05) is 32.5 Å². The molecule has 5 nitrogen and oxygen atoms in total. The first-order valence-corrected chi connectivity index (χ1v) is 8.88. The number of hydrogen-bond donors (Lipinski definition) is 0. The van der Waals surface area contributed by atoms with E-state index in [4.69, 9.17) is 9.47 Å². The lowest BCUT2D eigenvalue weighted by Gasteiger charge is -2.18. The van der Waals surface area contributed by atoms with Gasteiger partial charge in [-0.2, -0.15) is 0 Å². The highest BCUT2D eigenvalue weighted by atomic mass is 16.5. The molecule has 0 aliphatic heterocycles. The number of ether oxygens (including phenoxy) is 2. The van der Waals surface area contributed by atoms with Crippen LogP contribution in [-0.2, 0) is 19.1 Å². The summed E-state index contributed by atoms with van der Waals surface area (Å²) in [6, 6.07) is 0. The lowest BCUT2D eigenvalue weighted by atomic mass is 10.1. The van der Waals surface area contributed by atoms with Gasteiger partial charge in [-0.15, -0.1) is 0 Å². The first kappa shape index (κ1) is 22.1. The summed E-state index contributed by atoms with van der Waals surface area (Å²) in [5.74, 6) is 0.362. The number of rotatable bonds is 14. The molecule has 0 saturated carbocycles. The number of likely N-dealkylation sites (N-methyl/N-ethyl adjacent to an activating group) is 1. The molecule has 0 fully saturated rings. The molecule has 0 aromatic rings. The van der Waals surface area contributed by atoms with Crippen molar-refractivity contribution >= 4 is 11.7 Å². The van der Waals surface area contributed by atoms with Crippen LogP contribution in [-0.4, -0.2) is 56.1 Å². The van der Waals surface area contributed by atoms with Crippen LogP contribution >= 0.6 is 0 Å². The zero-order valence-corrected chi connectivity index (χ0v) is 15.6. The maximum atomic E-state index is 11.9. The Balaban J connectivity index is 3.60. The van der Waals surface area contributed by atoms with E-state index in [1.165, 1.54) is 0 Å². The molecule has 0 saturated heterocycles. The Morgan fingerprint density at radius 1 is 1.04 bits per heavy atom. The van der Waals surface area contributed by atoms with Gasteiger partial charge in [-0.25, -0.2) is 0 Å². The van der Waals surface area contributed by atoms with Crippen LogP contribution in [0, 0.1) is 5.92 Å². The molecular weight excluding hydrogens is 294 g/mol. The third-order valence-corrected chi connectivity index (χ3v) is 4.17. The molecular formula is C18H35NO4. The lowest BCUT2D eigenvalue weighted by Crippen LogP contribution is -2.30. The lowest BCUT2D eigenvalue weighted by molar-refractivity contribution is -0.131. The zero-order chi connectivity index (χ0) is 17.7. The van der Waals surface area contributed by atoms with E-state index < -0.39 is 0 Å². The molecule has 0 aromatic carbocycles. The van der Waals surface area contributed by atoms with Crippen molar-refractivity contribution in [1.82, 2.24) is 4.90 Å². The fourth-order valence-corrected chi connectivity index (χ4v) is 1.85. The van der Waals surface area contributed by atoms with Crippen LogP contribution in [0.1, 0.15) is 59.8 Å². The minimum atomic E-state index is 0.0721. The molecule has 2 unspecified atom stereocenters. The third-order valence-electron chi connectivity index (χ3n) is 4.17. The van der Waals surface area contributed by atoms with Crippen molar-refractivity contribution in [3.05, 3.63) is 0 Å². The molecule has 0 bridgehead atoms. The average molecular weight is 329 g/mol. The Bertz CT molecular complexity index is 333. The van der Waals surface area contributed by atoms with Gasteiger partial charge < -0.3 is 14.4 Å². The maximum Gasteiger partial charge on any atom is 0.222 e. The summed E-state index contributed by atoms with van der Waals surface area (Å²) in [6.07, 6.45) is 4.18. The first-order valence-electron chi connectivity index (χ1n) is 8.88. The van der Waals surface area contributed by atoms with E-state index in [1.54, 1.807) is 4.90 Å². The second kappa shape index (κ2) is 13.5. The third kappa shape index (κ3) is 11.3. The maximum absolute atomic E-state index is 11.9. The average Bonchev–Trinajstić information content (AvgIpc) is 2.56. The Hall–Kier alpha value is -0.940. The largest absolute Gasteiger partial charge is 0.377 e. The van der Waals surface area contributed by atoms with Gasteiger partial charge in [0.1, 0.15) is 6.61 Å². The summed E-state index contributed by atoms with van der Waals surface area (Å²) in [4.78, 5) is 25.2. The summed E-state index contributed by atoms with van der Waals surface area (Å²) in [5, 5.41) is 0. The summed E-state index contributed by atoms with van der Waals surface area (Å²) in [6.45, 7) is 9.98. The first-order chi connectivity index (χ1) is 10.9. The second-order valence-electron chi connectivity index (χ2n) is 6.19. The van der Waals surface area contributed by atoms with Crippen molar-refractivity contribution in [2.75, 3.05) is 33.4 Å². The standard InChI is InChI=1S/C18H35NO4/c1-6-15(3)17(20)14-22-12-9-8-10-18(21)19(5)11-13-23-16(4)7-2/h15-16H,6-14H2,1-5H3. The number of carbonyl (C=O) groups excluding carboxylic acids is 2. The monoisotopic (exact) mass is 329 g/mol. The highest BCUT2D eigenvalue weighted by Gasteiger charge is 2.11. The second-order valence-corrected chi connectivity index (χ2v) is 6.19. The van der Waals surface area contributed by atoms with Gasteiger partial charge in [0.15, 0.2) is 5.78 Å². The number of amides is 1. The number of nitrogens with zero attached hydrogens (tertiary/aromatic N) is 1. The minimum absolute atomic E-state index is 0.0721. The van der Waals surface area contributed by atoms with Crippen LogP contribution in [0.3, 0.4) is 0 Å². The van der Waals surface area contributed by atoms with E-state index in [9.17, 15) is 9.59 Å². The van der Waals surface area contributed by atoms with E-state index in [0.717, 1.165) is 25.7 Å². The van der Waals surface area contributed by atoms with Gasteiger partial charge in [0.05, 0.1) is 12.7 Å². The van der Waals surface area contributed by atoms with Crippen molar-refractivity contribution in [3.8, 4) is 0 Å². The van der Waals surface area contributed by atoms with Crippen molar-refractivity contribution < 1.29 is 19.1 Å². The SMILES string of the molecule is CCC(C)OCCN(C)C(=O)CCCCOCC(=O)C(C)CC. The fourth-order valence-electron chi connectivity index (χ4n) is 1.85. The Labute approximate surface area is 141 Å². The Morgan fingerprint density at radius 2 is 1.74 bits per heavy atom. The molecule has 23 heavy (non-hydrogen) atoms. The van der Waals surface area contributed by atoms with E-state index in [2.05, 4.69) is 6.92 Å².